The van der Waals surface area contributed by atoms with E-state index in [2.05, 4.69) is 16.6 Å². The molecule has 1 heterocycles. The lowest BCUT2D eigenvalue weighted by molar-refractivity contribution is -0.139. The van der Waals surface area contributed by atoms with Gasteiger partial charge in [0.15, 0.2) is 5.17 Å². The maximum Gasteiger partial charge on any atom is 0.419 e. The molecule has 6 N–H and O–H groups in total. The van der Waals surface area contributed by atoms with Crippen LogP contribution in [0.4, 0.5) is 17.6 Å². The molecule has 0 aliphatic rings. The van der Waals surface area contributed by atoms with Gasteiger partial charge in [-0.1, -0.05) is 31.3 Å². The van der Waals surface area contributed by atoms with E-state index >= 15 is 0 Å². The zero-order valence-corrected chi connectivity index (χ0v) is 17.0. The number of thiazole rings is 1. The first-order valence-electron chi connectivity index (χ1n) is 8.25. The summed E-state index contributed by atoms with van der Waals surface area (Å²) in [5.41, 5.74) is 16.8. The summed E-state index contributed by atoms with van der Waals surface area (Å²) in [6, 6.07) is 2.78. The number of nitrogens with zero attached hydrogens (tertiary/aromatic N) is 2. The van der Waals surface area contributed by atoms with E-state index in [-0.39, 0.29) is 22.2 Å². The van der Waals surface area contributed by atoms with Crippen molar-refractivity contribution in [1.29, 1.82) is 0 Å². The number of aromatic nitrogens is 1. The Morgan fingerprint density at radius 1 is 1.31 bits per heavy atom. The van der Waals surface area contributed by atoms with E-state index < -0.39 is 17.6 Å². The zero-order chi connectivity index (χ0) is 21.8. The van der Waals surface area contributed by atoms with Crippen LogP contribution in [0.3, 0.4) is 0 Å². The molecule has 0 atom stereocenters. The molecule has 0 radical (unpaired) electrons. The third kappa shape index (κ3) is 6.23. The van der Waals surface area contributed by atoms with Gasteiger partial charge < -0.3 is 17.2 Å². The highest BCUT2D eigenvalue weighted by Crippen LogP contribution is 2.35. The van der Waals surface area contributed by atoms with Gasteiger partial charge in [0.1, 0.15) is 16.6 Å². The number of hydrogen-bond acceptors (Lipinski definition) is 6. The Balaban J connectivity index is 2.22. The van der Waals surface area contributed by atoms with Gasteiger partial charge in [0.2, 0.25) is 0 Å². The Kier molecular flexibility index (Phi) is 7.31. The topological polar surface area (TPSA) is 103 Å². The second kappa shape index (κ2) is 9.31. The second-order valence-electron chi connectivity index (χ2n) is 5.82. The van der Waals surface area contributed by atoms with Gasteiger partial charge in [-0.25, -0.2) is 14.4 Å². The minimum absolute atomic E-state index is 0.109. The van der Waals surface area contributed by atoms with Crippen LogP contribution in [-0.2, 0) is 18.3 Å². The highest BCUT2D eigenvalue weighted by atomic mass is 32.2. The molecule has 5 nitrogen and oxygen atoms in total. The average Bonchev–Trinajstić information content (AvgIpc) is 3.01. The molecule has 2 rings (SSSR count). The van der Waals surface area contributed by atoms with Gasteiger partial charge >= 0.3 is 6.18 Å². The summed E-state index contributed by atoms with van der Waals surface area (Å²) in [6.45, 7) is 5.40. The van der Waals surface area contributed by atoms with Crippen molar-refractivity contribution in [3.8, 4) is 10.6 Å². The molecule has 0 bridgehead atoms. The summed E-state index contributed by atoms with van der Waals surface area (Å²) in [5, 5.41) is 0.622. The van der Waals surface area contributed by atoms with Crippen molar-refractivity contribution in [2.24, 2.45) is 22.2 Å². The van der Waals surface area contributed by atoms with Crippen LogP contribution in [0.2, 0.25) is 0 Å². The minimum Gasteiger partial charge on any atom is -0.399 e. The normalized spacial score (nSPS) is 13.0. The molecule has 0 fully saturated rings. The van der Waals surface area contributed by atoms with Gasteiger partial charge in [0, 0.05) is 28.0 Å². The monoisotopic (exact) mass is 445 g/mol. The number of halogens is 4. The third-order valence-electron chi connectivity index (χ3n) is 3.55. The first kappa shape index (κ1) is 22.8. The maximum atomic E-state index is 13.9. The summed E-state index contributed by atoms with van der Waals surface area (Å²) < 4.78 is 52.1. The molecular formula is C18H19F4N5S2. The molecule has 0 saturated carbocycles. The van der Waals surface area contributed by atoms with Crippen molar-refractivity contribution >= 4 is 28.3 Å². The number of amidine groups is 1. The van der Waals surface area contributed by atoms with Crippen LogP contribution in [-0.4, -0.2) is 10.2 Å². The summed E-state index contributed by atoms with van der Waals surface area (Å²) in [4.78, 5) is 9.33. The summed E-state index contributed by atoms with van der Waals surface area (Å²) in [6.07, 6.45) is -2.72. The van der Waals surface area contributed by atoms with Crippen molar-refractivity contribution in [2.45, 2.75) is 25.3 Å². The average molecular weight is 446 g/mol. The Labute approximate surface area is 173 Å². The molecule has 0 aliphatic carbocycles. The lowest BCUT2D eigenvalue weighted by Gasteiger charge is -2.08. The lowest BCUT2D eigenvalue weighted by atomic mass is 10.1. The predicted molar refractivity (Wildman–Crippen MR) is 110 cm³/mol. The first-order chi connectivity index (χ1) is 13.5. The minimum atomic E-state index is -4.74. The summed E-state index contributed by atoms with van der Waals surface area (Å²) in [5.74, 6) is -0.855. The number of aliphatic imine (C=N–C) groups is 1. The number of aryl methyl sites for hydroxylation is 1. The molecule has 0 unspecified atom stereocenters. The van der Waals surface area contributed by atoms with Crippen LogP contribution in [0.1, 0.15) is 23.1 Å². The van der Waals surface area contributed by atoms with Crippen LogP contribution in [0.25, 0.3) is 10.6 Å². The van der Waals surface area contributed by atoms with Crippen molar-refractivity contribution in [3.05, 3.63) is 64.3 Å². The third-order valence-corrected chi connectivity index (χ3v) is 5.65. The number of alkyl halides is 3. The van der Waals surface area contributed by atoms with Gasteiger partial charge in [0.05, 0.1) is 11.3 Å². The standard InChI is InChI=1S/C18H19F4N5S2/c1-3-14-13(8-28-17(25)27-15(24)6-9(2)23)26-16(29-14)10-4-5-11(12(19)7-10)18(20,21)22/h4-7H,2-3,8,23-24H2,1H3,(H2,25,27)/b15-6-. The van der Waals surface area contributed by atoms with E-state index in [1.165, 1.54) is 35.2 Å². The fourth-order valence-electron chi connectivity index (χ4n) is 2.30. The second-order valence-corrected chi connectivity index (χ2v) is 7.90. The van der Waals surface area contributed by atoms with E-state index in [4.69, 9.17) is 17.2 Å². The Morgan fingerprint density at radius 2 is 2.00 bits per heavy atom. The van der Waals surface area contributed by atoms with E-state index in [0.29, 0.717) is 22.9 Å². The summed E-state index contributed by atoms with van der Waals surface area (Å²) >= 11 is 2.48. The van der Waals surface area contributed by atoms with Crippen molar-refractivity contribution in [2.75, 3.05) is 0 Å². The highest BCUT2D eigenvalue weighted by molar-refractivity contribution is 8.13. The van der Waals surface area contributed by atoms with Crippen LogP contribution in [0, 0.1) is 5.82 Å². The molecule has 1 aromatic carbocycles. The number of hydrogen-bond donors (Lipinski definition) is 3. The smallest absolute Gasteiger partial charge is 0.399 e. The number of rotatable bonds is 6. The fourth-order valence-corrected chi connectivity index (χ4v) is 4.10. The molecule has 156 valence electrons. The highest BCUT2D eigenvalue weighted by Gasteiger charge is 2.34. The van der Waals surface area contributed by atoms with Crippen molar-refractivity contribution in [1.82, 2.24) is 4.98 Å². The van der Waals surface area contributed by atoms with Gasteiger partial charge in [-0.05, 0) is 18.6 Å². The molecule has 0 aliphatic heterocycles. The van der Waals surface area contributed by atoms with E-state index in [1.54, 1.807) is 0 Å². The Bertz CT molecular complexity index is 964. The molecule has 0 amide bonds. The largest absolute Gasteiger partial charge is 0.419 e. The van der Waals surface area contributed by atoms with Gasteiger partial charge in [-0.15, -0.1) is 11.3 Å². The van der Waals surface area contributed by atoms with Crippen LogP contribution >= 0.6 is 23.1 Å². The Morgan fingerprint density at radius 3 is 2.55 bits per heavy atom. The maximum absolute atomic E-state index is 13.9. The Hall–Kier alpha value is -2.53. The quantitative estimate of drug-likeness (QED) is 0.265. The zero-order valence-electron chi connectivity index (χ0n) is 15.4. The van der Waals surface area contributed by atoms with E-state index in [1.807, 2.05) is 6.92 Å². The van der Waals surface area contributed by atoms with Gasteiger partial charge in [-0.3, -0.25) is 0 Å². The lowest BCUT2D eigenvalue weighted by Crippen LogP contribution is -2.10. The number of thioether (sulfide) groups is 1. The van der Waals surface area contributed by atoms with Gasteiger partial charge in [0.25, 0.3) is 0 Å². The number of allylic oxidation sites excluding steroid dienone is 1. The SMILES string of the molecule is C=C(N)/C=C(/N)N=C(N)SCc1nc(-c2ccc(C(F)(F)F)c(F)c2)sc1CC. The number of benzene rings is 1. The van der Waals surface area contributed by atoms with Gasteiger partial charge in [-0.2, -0.15) is 13.2 Å². The van der Waals surface area contributed by atoms with Crippen molar-refractivity contribution < 1.29 is 17.6 Å². The first-order valence-corrected chi connectivity index (χ1v) is 10.1. The molecule has 29 heavy (non-hydrogen) atoms. The molecular weight excluding hydrogens is 426 g/mol. The molecule has 0 spiro atoms. The predicted octanol–water partition coefficient (Wildman–Crippen LogP) is 4.35. The van der Waals surface area contributed by atoms with E-state index in [9.17, 15) is 17.6 Å². The molecule has 11 heteroatoms. The van der Waals surface area contributed by atoms with Crippen LogP contribution < -0.4 is 17.2 Å². The van der Waals surface area contributed by atoms with Crippen LogP contribution in [0.5, 0.6) is 0 Å². The molecule has 0 saturated heterocycles. The number of nitrogens with two attached hydrogens (primary N) is 3. The van der Waals surface area contributed by atoms with Crippen LogP contribution in [0.15, 0.2) is 47.4 Å². The molecule has 1 aromatic heterocycles. The fraction of sp³-hybridized carbons (Fsp3) is 0.222. The summed E-state index contributed by atoms with van der Waals surface area (Å²) in [7, 11) is 0. The van der Waals surface area contributed by atoms with Crippen molar-refractivity contribution in [3.63, 3.8) is 0 Å². The van der Waals surface area contributed by atoms with E-state index in [0.717, 1.165) is 17.0 Å². The molecule has 2 aromatic rings.